The van der Waals surface area contributed by atoms with E-state index >= 15 is 0 Å². The second-order valence-electron chi connectivity index (χ2n) is 3.56. The minimum Gasteiger partial charge on any atom is -0.497 e. The van der Waals surface area contributed by atoms with E-state index in [1.54, 1.807) is 13.4 Å². The van der Waals surface area contributed by atoms with Crippen molar-refractivity contribution in [3.05, 3.63) is 54.0 Å². The van der Waals surface area contributed by atoms with Crippen molar-refractivity contribution < 1.29 is 14.0 Å². The molecule has 18 heavy (non-hydrogen) atoms. The first-order valence-electron chi connectivity index (χ1n) is 5.73. The Morgan fingerprint density at radius 2 is 2.00 bits per heavy atom. The van der Waals surface area contributed by atoms with Crippen LogP contribution in [-0.2, 0) is 4.84 Å². The summed E-state index contributed by atoms with van der Waals surface area (Å²) in [6.07, 6.45) is 1.61. The molecular formula is C14H15NO3. The topological polar surface area (TPSA) is 44.0 Å². The highest BCUT2D eigenvalue weighted by atomic mass is 16.6. The van der Waals surface area contributed by atoms with Crippen LogP contribution in [0.25, 0.3) is 0 Å². The second-order valence-corrected chi connectivity index (χ2v) is 3.56. The van der Waals surface area contributed by atoms with Crippen LogP contribution in [0.2, 0.25) is 0 Å². The van der Waals surface area contributed by atoms with E-state index in [2.05, 4.69) is 5.16 Å². The smallest absolute Gasteiger partial charge is 0.156 e. The summed E-state index contributed by atoms with van der Waals surface area (Å²) in [4.78, 5) is 5.13. The van der Waals surface area contributed by atoms with Gasteiger partial charge in [-0.05, 0) is 43.3 Å². The monoisotopic (exact) mass is 245 g/mol. The van der Waals surface area contributed by atoms with Crippen molar-refractivity contribution in [3.63, 3.8) is 0 Å². The van der Waals surface area contributed by atoms with Gasteiger partial charge in [0, 0.05) is 5.56 Å². The van der Waals surface area contributed by atoms with Gasteiger partial charge in [0.2, 0.25) is 0 Å². The summed E-state index contributed by atoms with van der Waals surface area (Å²) in [5, 5.41) is 4.09. The molecule has 1 aromatic carbocycles. The van der Waals surface area contributed by atoms with E-state index in [-0.39, 0.29) is 0 Å². The normalized spacial score (nSPS) is 11.3. The number of furan rings is 1. The predicted molar refractivity (Wildman–Crippen MR) is 69.0 cm³/mol. The summed E-state index contributed by atoms with van der Waals surface area (Å²) in [5.41, 5.74) is 1.59. The van der Waals surface area contributed by atoms with Crippen molar-refractivity contribution in [3.8, 4) is 5.75 Å². The van der Waals surface area contributed by atoms with Gasteiger partial charge in [-0.3, -0.25) is 0 Å². The fraction of sp³-hybridized carbons (Fsp3) is 0.214. The fourth-order valence-corrected chi connectivity index (χ4v) is 1.53. The summed E-state index contributed by atoms with van der Waals surface area (Å²) in [7, 11) is 1.64. The predicted octanol–water partition coefficient (Wildman–Crippen LogP) is 3.08. The van der Waals surface area contributed by atoms with E-state index in [9.17, 15) is 0 Å². The summed E-state index contributed by atoms with van der Waals surface area (Å²) in [6, 6.07) is 11.3. The van der Waals surface area contributed by atoms with Crippen molar-refractivity contribution in [2.24, 2.45) is 5.16 Å². The minimum absolute atomic E-state index is 0.514. The Bertz CT molecular complexity index is 500. The average Bonchev–Trinajstić information content (AvgIpc) is 2.94. The van der Waals surface area contributed by atoms with Crippen molar-refractivity contribution >= 4 is 5.71 Å². The molecule has 0 saturated heterocycles. The van der Waals surface area contributed by atoms with Gasteiger partial charge < -0.3 is 14.0 Å². The Balaban J connectivity index is 2.34. The molecule has 1 aromatic heterocycles. The molecule has 0 atom stereocenters. The number of ether oxygens (including phenoxy) is 1. The van der Waals surface area contributed by atoms with Crippen LogP contribution in [0.4, 0.5) is 0 Å². The molecule has 4 heteroatoms. The largest absolute Gasteiger partial charge is 0.497 e. The molecule has 2 rings (SSSR count). The number of oxime groups is 1. The third kappa shape index (κ3) is 2.71. The number of hydrogen-bond acceptors (Lipinski definition) is 4. The molecule has 0 N–H and O–H groups in total. The summed E-state index contributed by atoms with van der Waals surface area (Å²) in [5.74, 6) is 1.47. The first-order chi connectivity index (χ1) is 8.85. The van der Waals surface area contributed by atoms with Gasteiger partial charge in [0.1, 0.15) is 12.4 Å². The van der Waals surface area contributed by atoms with E-state index < -0.39 is 0 Å². The maximum Gasteiger partial charge on any atom is 0.156 e. The number of benzene rings is 1. The molecule has 0 aliphatic heterocycles. The lowest BCUT2D eigenvalue weighted by Gasteiger charge is -2.05. The molecule has 0 saturated carbocycles. The lowest BCUT2D eigenvalue weighted by atomic mass is 10.1. The van der Waals surface area contributed by atoms with Crippen molar-refractivity contribution in [1.82, 2.24) is 0 Å². The van der Waals surface area contributed by atoms with Gasteiger partial charge in [-0.15, -0.1) is 0 Å². The van der Waals surface area contributed by atoms with E-state index in [1.807, 2.05) is 43.3 Å². The van der Waals surface area contributed by atoms with Gasteiger partial charge in [0.05, 0.1) is 13.4 Å². The molecule has 2 aromatic rings. The standard InChI is InChI=1S/C14H15NO3/c1-3-18-15-14(13-5-4-10-17-13)11-6-8-12(16-2)9-7-11/h4-10H,3H2,1-2H3/b15-14-. The van der Waals surface area contributed by atoms with Crippen LogP contribution in [0.1, 0.15) is 18.2 Å². The molecule has 0 bridgehead atoms. The van der Waals surface area contributed by atoms with E-state index in [0.29, 0.717) is 18.1 Å². The SMILES string of the molecule is CCO/N=C(/c1ccc(OC)cc1)c1ccco1. The Morgan fingerprint density at radius 3 is 2.56 bits per heavy atom. The van der Waals surface area contributed by atoms with Crippen LogP contribution >= 0.6 is 0 Å². The number of hydrogen-bond donors (Lipinski definition) is 0. The number of rotatable bonds is 5. The second kappa shape index (κ2) is 5.91. The van der Waals surface area contributed by atoms with Crippen LogP contribution in [0.5, 0.6) is 5.75 Å². The van der Waals surface area contributed by atoms with Crippen molar-refractivity contribution in [1.29, 1.82) is 0 Å². The molecular weight excluding hydrogens is 230 g/mol. The zero-order valence-electron chi connectivity index (χ0n) is 10.4. The van der Waals surface area contributed by atoms with Gasteiger partial charge in [0.15, 0.2) is 11.5 Å². The zero-order chi connectivity index (χ0) is 12.8. The molecule has 0 aliphatic rings. The third-order valence-corrected chi connectivity index (χ3v) is 2.40. The average molecular weight is 245 g/mol. The summed E-state index contributed by atoms with van der Waals surface area (Å²) in [6.45, 7) is 2.40. The molecule has 1 heterocycles. The number of nitrogens with zero attached hydrogens (tertiary/aromatic N) is 1. The van der Waals surface area contributed by atoms with Gasteiger partial charge in [-0.2, -0.15) is 0 Å². The first kappa shape index (κ1) is 12.2. The Morgan fingerprint density at radius 1 is 1.22 bits per heavy atom. The lowest BCUT2D eigenvalue weighted by Crippen LogP contribution is -2.03. The van der Waals surface area contributed by atoms with Crippen molar-refractivity contribution in [2.75, 3.05) is 13.7 Å². The molecule has 0 amide bonds. The highest BCUT2D eigenvalue weighted by Crippen LogP contribution is 2.16. The Kier molecular flexibility index (Phi) is 4.02. The minimum atomic E-state index is 0.514. The van der Waals surface area contributed by atoms with Crippen LogP contribution < -0.4 is 4.74 Å². The Labute approximate surface area is 106 Å². The molecule has 4 nitrogen and oxygen atoms in total. The molecule has 0 unspecified atom stereocenters. The van der Waals surface area contributed by atoms with Gasteiger partial charge in [0.25, 0.3) is 0 Å². The molecule has 0 radical (unpaired) electrons. The fourth-order valence-electron chi connectivity index (χ4n) is 1.53. The van der Waals surface area contributed by atoms with E-state index in [4.69, 9.17) is 14.0 Å². The van der Waals surface area contributed by atoms with Crippen molar-refractivity contribution in [2.45, 2.75) is 6.92 Å². The Hall–Kier alpha value is -2.23. The highest BCUT2D eigenvalue weighted by Gasteiger charge is 2.10. The molecule has 0 spiro atoms. The maximum absolute atomic E-state index is 5.36. The molecule has 0 aliphatic carbocycles. The highest BCUT2D eigenvalue weighted by molar-refractivity contribution is 6.10. The van der Waals surface area contributed by atoms with Crippen LogP contribution in [0.15, 0.2) is 52.2 Å². The lowest BCUT2D eigenvalue weighted by molar-refractivity contribution is 0.159. The number of methoxy groups -OCH3 is 1. The first-order valence-corrected chi connectivity index (χ1v) is 5.73. The van der Waals surface area contributed by atoms with E-state index in [0.717, 1.165) is 11.3 Å². The van der Waals surface area contributed by atoms with Crippen LogP contribution in [0, 0.1) is 0 Å². The third-order valence-electron chi connectivity index (χ3n) is 2.40. The van der Waals surface area contributed by atoms with Gasteiger partial charge >= 0.3 is 0 Å². The van der Waals surface area contributed by atoms with Crippen LogP contribution in [0.3, 0.4) is 0 Å². The van der Waals surface area contributed by atoms with E-state index in [1.165, 1.54) is 0 Å². The van der Waals surface area contributed by atoms with Gasteiger partial charge in [-0.25, -0.2) is 0 Å². The van der Waals surface area contributed by atoms with Crippen LogP contribution in [-0.4, -0.2) is 19.4 Å². The summed E-state index contributed by atoms with van der Waals surface area (Å²) < 4.78 is 10.5. The molecule has 0 fully saturated rings. The maximum atomic E-state index is 5.36. The molecule has 94 valence electrons. The quantitative estimate of drug-likeness (QED) is 0.600. The zero-order valence-corrected chi connectivity index (χ0v) is 10.4. The summed E-state index contributed by atoms with van der Waals surface area (Å²) >= 11 is 0. The van der Waals surface area contributed by atoms with Gasteiger partial charge in [-0.1, -0.05) is 5.16 Å².